The number of carbonyl (C=O) groups is 1. The Bertz CT molecular complexity index is 755. The first-order valence-corrected chi connectivity index (χ1v) is 7.35. The van der Waals surface area contributed by atoms with Gasteiger partial charge in [-0.3, -0.25) is 0 Å². The number of para-hydroxylation sites is 1. The molecular formula is C15H17N5O3. The van der Waals surface area contributed by atoms with Crippen molar-refractivity contribution < 1.29 is 14.6 Å². The van der Waals surface area contributed by atoms with Crippen LogP contribution in [0, 0.1) is 0 Å². The van der Waals surface area contributed by atoms with E-state index in [-0.39, 0.29) is 17.7 Å². The molecule has 1 aliphatic heterocycles. The lowest BCUT2D eigenvalue weighted by molar-refractivity contribution is -0.132. The summed E-state index contributed by atoms with van der Waals surface area (Å²) in [6.45, 7) is 4.03. The quantitative estimate of drug-likeness (QED) is 0.867. The lowest BCUT2D eigenvalue weighted by atomic mass is 10.0. The molecule has 0 aliphatic carbocycles. The first-order valence-electron chi connectivity index (χ1n) is 7.35. The molecule has 1 aromatic heterocycles. The molecule has 3 rings (SSSR count). The number of tetrazole rings is 1. The number of hydrogen-bond acceptors (Lipinski definition) is 6. The zero-order chi connectivity index (χ0) is 16.4. The minimum atomic E-state index is -1.07. The lowest BCUT2D eigenvalue weighted by Crippen LogP contribution is -2.25. The van der Waals surface area contributed by atoms with E-state index in [0.717, 1.165) is 12.0 Å². The molecule has 2 atom stereocenters. The summed E-state index contributed by atoms with van der Waals surface area (Å²) in [6, 6.07) is 7.05. The van der Waals surface area contributed by atoms with E-state index in [4.69, 9.17) is 4.74 Å². The monoisotopic (exact) mass is 315 g/mol. The van der Waals surface area contributed by atoms with E-state index in [1.54, 1.807) is 6.08 Å². The predicted octanol–water partition coefficient (Wildman–Crippen LogP) is 1.83. The lowest BCUT2D eigenvalue weighted by Gasteiger charge is -2.24. The van der Waals surface area contributed by atoms with Crippen LogP contribution in [0.2, 0.25) is 0 Å². The van der Waals surface area contributed by atoms with Gasteiger partial charge in [-0.05, 0) is 35.9 Å². The summed E-state index contributed by atoms with van der Waals surface area (Å²) in [4.78, 5) is 11.3. The first kappa shape index (κ1) is 15.0. The van der Waals surface area contributed by atoms with Gasteiger partial charge >= 0.3 is 5.97 Å². The number of anilines is 1. The maximum atomic E-state index is 11.3. The number of rotatable bonds is 5. The topological polar surface area (TPSA) is 102 Å². The largest absolute Gasteiger partial charge is 0.490 e. The highest BCUT2D eigenvalue weighted by atomic mass is 16.5. The van der Waals surface area contributed by atoms with Crippen LogP contribution in [-0.4, -0.2) is 37.4 Å². The van der Waals surface area contributed by atoms with E-state index < -0.39 is 12.0 Å². The minimum absolute atomic E-state index is 0.0376. The van der Waals surface area contributed by atoms with Gasteiger partial charge in [-0.25, -0.2) is 4.79 Å². The van der Waals surface area contributed by atoms with Crippen LogP contribution >= 0.6 is 0 Å². The predicted molar refractivity (Wildman–Crippen MR) is 82.1 cm³/mol. The highest BCUT2D eigenvalue weighted by molar-refractivity contribution is 5.90. The molecule has 0 spiro atoms. The van der Waals surface area contributed by atoms with Crippen LogP contribution in [0.5, 0.6) is 5.75 Å². The second kappa shape index (κ2) is 6.07. The summed E-state index contributed by atoms with van der Waals surface area (Å²) in [5.41, 5.74) is 0.845. The third kappa shape index (κ3) is 2.87. The van der Waals surface area contributed by atoms with Crippen LogP contribution in [0.15, 0.2) is 36.0 Å². The second-order valence-electron chi connectivity index (χ2n) is 5.28. The van der Waals surface area contributed by atoms with Crippen molar-refractivity contribution in [3.05, 3.63) is 41.6 Å². The summed E-state index contributed by atoms with van der Waals surface area (Å²) in [7, 11) is 0. The van der Waals surface area contributed by atoms with Gasteiger partial charge in [-0.15, -0.1) is 0 Å². The highest BCUT2D eigenvalue weighted by Gasteiger charge is 2.28. The summed E-state index contributed by atoms with van der Waals surface area (Å²) in [5.74, 6) is -0.0889. The molecular weight excluding hydrogens is 298 g/mol. The summed E-state index contributed by atoms with van der Waals surface area (Å²) < 4.78 is 7.49. The number of aromatic nitrogens is 4. The molecule has 0 saturated heterocycles. The summed E-state index contributed by atoms with van der Waals surface area (Å²) in [5, 5.41) is 23.4. The van der Waals surface area contributed by atoms with Gasteiger partial charge in [0, 0.05) is 5.56 Å². The van der Waals surface area contributed by atoms with Gasteiger partial charge < -0.3 is 15.2 Å². The van der Waals surface area contributed by atoms with Crippen LogP contribution in [0.1, 0.15) is 31.9 Å². The average Bonchev–Trinajstić information content (AvgIpc) is 3.03. The molecule has 0 saturated carbocycles. The molecule has 8 nitrogen and oxygen atoms in total. The Morgan fingerprint density at radius 3 is 3.00 bits per heavy atom. The number of carboxylic acid groups (broad SMARTS) is 1. The minimum Gasteiger partial charge on any atom is -0.490 e. The van der Waals surface area contributed by atoms with Crippen molar-refractivity contribution in [2.45, 2.75) is 32.4 Å². The molecule has 2 N–H and O–H groups in total. The maximum Gasteiger partial charge on any atom is 0.352 e. The van der Waals surface area contributed by atoms with Crippen molar-refractivity contribution in [3.63, 3.8) is 0 Å². The third-order valence-electron chi connectivity index (χ3n) is 3.70. The van der Waals surface area contributed by atoms with Crippen LogP contribution in [0.25, 0.3) is 0 Å². The van der Waals surface area contributed by atoms with Crippen molar-refractivity contribution in [2.24, 2.45) is 0 Å². The maximum absolute atomic E-state index is 11.3. The molecule has 0 bridgehead atoms. The molecule has 8 heteroatoms. The van der Waals surface area contributed by atoms with Crippen LogP contribution in [0.3, 0.4) is 0 Å². The number of carboxylic acids is 1. The fourth-order valence-electron chi connectivity index (χ4n) is 2.33. The molecule has 1 aromatic carbocycles. The van der Waals surface area contributed by atoms with E-state index >= 15 is 0 Å². The van der Waals surface area contributed by atoms with Crippen LogP contribution in [0.4, 0.5) is 5.95 Å². The molecule has 23 heavy (non-hydrogen) atoms. The van der Waals surface area contributed by atoms with Gasteiger partial charge in [0.1, 0.15) is 17.5 Å². The number of hydrogen-bond donors (Lipinski definition) is 2. The second-order valence-corrected chi connectivity index (χ2v) is 5.28. The Morgan fingerprint density at radius 2 is 2.26 bits per heavy atom. The van der Waals surface area contributed by atoms with Gasteiger partial charge in [0.15, 0.2) is 0 Å². The molecule has 120 valence electrons. The highest BCUT2D eigenvalue weighted by Crippen LogP contribution is 2.34. The fraction of sp³-hybridized carbons (Fsp3) is 0.333. The first-order chi connectivity index (χ1) is 11.1. The van der Waals surface area contributed by atoms with Crippen molar-refractivity contribution in [2.75, 3.05) is 5.32 Å². The van der Waals surface area contributed by atoms with E-state index in [9.17, 15) is 9.90 Å². The number of benzene rings is 1. The Morgan fingerprint density at radius 1 is 1.48 bits per heavy atom. The van der Waals surface area contributed by atoms with Gasteiger partial charge in [0.05, 0.1) is 6.10 Å². The average molecular weight is 315 g/mol. The molecule has 0 radical (unpaired) electrons. The zero-order valence-electron chi connectivity index (χ0n) is 12.8. The molecule has 1 aliphatic rings. The van der Waals surface area contributed by atoms with Crippen molar-refractivity contribution in [1.82, 2.24) is 20.2 Å². The number of allylic oxidation sites excluding steroid dienone is 1. The van der Waals surface area contributed by atoms with Crippen molar-refractivity contribution in [3.8, 4) is 5.75 Å². The summed E-state index contributed by atoms with van der Waals surface area (Å²) >= 11 is 0. The smallest absolute Gasteiger partial charge is 0.352 e. The Kier molecular flexibility index (Phi) is 3.96. The van der Waals surface area contributed by atoms with Gasteiger partial charge in [-0.2, -0.15) is 4.68 Å². The zero-order valence-corrected chi connectivity index (χ0v) is 12.8. The Hall–Kier alpha value is -2.90. The van der Waals surface area contributed by atoms with Crippen molar-refractivity contribution >= 4 is 11.9 Å². The van der Waals surface area contributed by atoms with Crippen LogP contribution < -0.4 is 10.1 Å². The fourth-order valence-corrected chi connectivity index (χ4v) is 2.33. The van der Waals surface area contributed by atoms with E-state index in [1.807, 2.05) is 38.1 Å². The van der Waals surface area contributed by atoms with Crippen LogP contribution in [-0.2, 0) is 4.79 Å². The number of aliphatic carboxylic acids is 1. The number of nitrogens with zero attached hydrogens (tertiary/aromatic N) is 4. The van der Waals surface area contributed by atoms with Gasteiger partial charge in [0.25, 0.3) is 0 Å². The molecule has 0 amide bonds. The van der Waals surface area contributed by atoms with Gasteiger partial charge in [0.2, 0.25) is 5.95 Å². The van der Waals surface area contributed by atoms with Gasteiger partial charge in [-0.1, -0.05) is 30.2 Å². The van der Waals surface area contributed by atoms with E-state index in [0.29, 0.717) is 5.75 Å². The summed E-state index contributed by atoms with van der Waals surface area (Å²) in [6.07, 6.45) is 2.49. The number of nitrogens with one attached hydrogen (secondary N) is 1. The molecule has 2 heterocycles. The normalized spacial score (nSPS) is 17.7. The Balaban J connectivity index is 2.06. The molecule has 2 aromatic rings. The standard InChI is InChI=1S/C15H17N5O3/c1-3-9(2)23-13-7-5-4-6-10(13)12-8-11(14(21)22)16-15-17-18-19-20(12)15/h4-9,12H,3H2,1-2H3,(H,21,22)(H,16,17,19)/t9-,12+/m1/s1. The van der Waals surface area contributed by atoms with E-state index in [1.165, 1.54) is 4.68 Å². The number of ether oxygens (including phenoxy) is 1. The Labute approximate surface area is 132 Å². The van der Waals surface area contributed by atoms with Crippen molar-refractivity contribution in [1.29, 1.82) is 0 Å². The molecule has 0 unspecified atom stereocenters. The molecule has 0 fully saturated rings. The third-order valence-corrected chi connectivity index (χ3v) is 3.70. The number of fused-ring (bicyclic) bond motifs is 1. The SMILES string of the molecule is CC[C@@H](C)Oc1ccccc1[C@@H]1C=C(C(=O)O)Nc2nnnn21. The van der Waals surface area contributed by atoms with E-state index in [2.05, 4.69) is 20.8 Å².